The molecule has 16 heavy (non-hydrogen) atoms. The van der Waals surface area contributed by atoms with Crippen molar-refractivity contribution in [1.29, 1.82) is 0 Å². The normalized spacial score (nSPS) is 10.6. The molecule has 1 aromatic carbocycles. The molecule has 2 rings (SSSR count). The third kappa shape index (κ3) is 3.11. The maximum atomic E-state index is 6.07. The fourth-order valence-corrected chi connectivity index (χ4v) is 2.01. The first-order valence-corrected chi connectivity index (χ1v) is 6.10. The van der Waals surface area contributed by atoms with Crippen molar-refractivity contribution in [3.8, 4) is 0 Å². The van der Waals surface area contributed by atoms with E-state index in [1.165, 1.54) is 0 Å². The number of halogens is 2. The van der Waals surface area contributed by atoms with Gasteiger partial charge in [-0.25, -0.2) is 0 Å². The standard InChI is InChI=1S/C12H11BrClNO/c13-10-3-4-12(14)9(6-10)7-15-8-11-2-1-5-16-11/h1-6,15H,7-8H2. The maximum absolute atomic E-state index is 6.07. The molecule has 0 aliphatic heterocycles. The van der Waals surface area contributed by atoms with Crippen LogP contribution in [0.3, 0.4) is 0 Å². The van der Waals surface area contributed by atoms with E-state index < -0.39 is 0 Å². The van der Waals surface area contributed by atoms with Crippen molar-refractivity contribution in [2.45, 2.75) is 13.1 Å². The van der Waals surface area contributed by atoms with Gasteiger partial charge in [-0.15, -0.1) is 0 Å². The Hall–Kier alpha value is -0.770. The van der Waals surface area contributed by atoms with Crippen molar-refractivity contribution in [2.24, 2.45) is 0 Å². The molecule has 0 saturated carbocycles. The van der Waals surface area contributed by atoms with E-state index in [1.807, 2.05) is 30.3 Å². The number of hydrogen-bond donors (Lipinski definition) is 1. The SMILES string of the molecule is Clc1ccc(Br)cc1CNCc1ccco1. The summed E-state index contributed by atoms with van der Waals surface area (Å²) in [5.41, 5.74) is 1.07. The topological polar surface area (TPSA) is 25.2 Å². The number of benzene rings is 1. The van der Waals surface area contributed by atoms with E-state index in [4.69, 9.17) is 16.0 Å². The van der Waals surface area contributed by atoms with Crippen LogP contribution in [0.4, 0.5) is 0 Å². The zero-order valence-corrected chi connectivity index (χ0v) is 10.9. The molecule has 0 atom stereocenters. The fourth-order valence-electron chi connectivity index (χ4n) is 1.41. The van der Waals surface area contributed by atoms with Gasteiger partial charge < -0.3 is 9.73 Å². The summed E-state index contributed by atoms with van der Waals surface area (Å²) in [6, 6.07) is 9.64. The lowest BCUT2D eigenvalue weighted by molar-refractivity contribution is 0.483. The molecule has 1 heterocycles. The highest BCUT2D eigenvalue weighted by atomic mass is 79.9. The minimum atomic E-state index is 0.704. The van der Waals surface area contributed by atoms with Gasteiger partial charge >= 0.3 is 0 Å². The molecule has 1 aromatic heterocycles. The molecule has 0 bridgehead atoms. The van der Waals surface area contributed by atoms with Crippen LogP contribution in [0.1, 0.15) is 11.3 Å². The molecule has 1 N–H and O–H groups in total. The fraction of sp³-hybridized carbons (Fsp3) is 0.167. The van der Waals surface area contributed by atoms with E-state index >= 15 is 0 Å². The van der Waals surface area contributed by atoms with E-state index in [2.05, 4.69) is 21.2 Å². The predicted octanol–water partition coefficient (Wildman–Crippen LogP) is 3.99. The first kappa shape index (κ1) is 11.7. The Kier molecular flexibility index (Phi) is 4.04. The molecular weight excluding hydrogens is 289 g/mol. The smallest absolute Gasteiger partial charge is 0.117 e. The van der Waals surface area contributed by atoms with Gasteiger partial charge in [0.25, 0.3) is 0 Å². The van der Waals surface area contributed by atoms with Crippen LogP contribution in [0.2, 0.25) is 5.02 Å². The summed E-state index contributed by atoms with van der Waals surface area (Å²) < 4.78 is 6.25. The molecule has 84 valence electrons. The average molecular weight is 301 g/mol. The monoisotopic (exact) mass is 299 g/mol. The van der Waals surface area contributed by atoms with Gasteiger partial charge in [-0.1, -0.05) is 27.5 Å². The Morgan fingerprint density at radius 3 is 2.88 bits per heavy atom. The van der Waals surface area contributed by atoms with Gasteiger partial charge in [0.1, 0.15) is 5.76 Å². The molecule has 2 aromatic rings. The molecule has 0 saturated heterocycles. The number of furan rings is 1. The van der Waals surface area contributed by atoms with Gasteiger partial charge in [-0.05, 0) is 35.9 Å². The molecule has 0 amide bonds. The van der Waals surface area contributed by atoms with E-state index in [1.54, 1.807) is 6.26 Å². The number of rotatable bonds is 4. The van der Waals surface area contributed by atoms with Gasteiger partial charge in [-0.3, -0.25) is 0 Å². The minimum absolute atomic E-state index is 0.704. The van der Waals surface area contributed by atoms with E-state index in [9.17, 15) is 0 Å². The number of nitrogens with one attached hydrogen (secondary N) is 1. The van der Waals surface area contributed by atoms with E-state index in [0.29, 0.717) is 6.54 Å². The minimum Gasteiger partial charge on any atom is -0.468 e. The van der Waals surface area contributed by atoms with Crippen LogP contribution in [0, 0.1) is 0 Å². The molecule has 2 nitrogen and oxygen atoms in total. The van der Waals surface area contributed by atoms with E-state index in [-0.39, 0.29) is 0 Å². The molecular formula is C12H11BrClNO. The molecule has 0 spiro atoms. The first-order valence-electron chi connectivity index (χ1n) is 4.93. The third-order valence-electron chi connectivity index (χ3n) is 2.20. The lowest BCUT2D eigenvalue weighted by Gasteiger charge is -2.06. The highest BCUT2D eigenvalue weighted by Gasteiger charge is 2.01. The molecule has 4 heteroatoms. The van der Waals surface area contributed by atoms with Crippen LogP contribution < -0.4 is 5.32 Å². The lowest BCUT2D eigenvalue weighted by Crippen LogP contribution is -2.12. The van der Waals surface area contributed by atoms with Crippen molar-refractivity contribution in [2.75, 3.05) is 0 Å². The Bertz CT molecular complexity index is 456. The summed E-state index contributed by atoms with van der Waals surface area (Å²) in [6.07, 6.45) is 1.67. The zero-order chi connectivity index (χ0) is 11.4. The molecule has 0 fully saturated rings. The summed E-state index contributed by atoms with van der Waals surface area (Å²) >= 11 is 9.49. The highest BCUT2D eigenvalue weighted by molar-refractivity contribution is 9.10. The Morgan fingerprint density at radius 2 is 2.12 bits per heavy atom. The van der Waals surface area contributed by atoms with Crippen LogP contribution in [0.15, 0.2) is 45.5 Å². The second-order valence-corrected chi connectivity index (χ2v) is 4.74. The van der Waals surface area contributed by atoms with Crippen molar-refractivity contribution in [3.63, 3.8) is 0 Å². The molecule has 0 unspecified atom stereocenters. The lowest BCUT2D eigenvalue weighted by atomic mass is 10.2. The van der Waals surface area contributed by atoms with Crippen LogP contribution in [0.5, 0.6) is 0 Å². The van der Waals surface area contributed by atoms with Crippen LogP contribution >= 0.6 is 27.5 Å². The molecule has 0 radical (unpaired) electrons. The van der Waals surface area contributed by atoms with Gasteiger partial charge in [0.05, 0.1) is 12.8 Å². The average Bonchev–Trinajstić information content (AvgIpc) is 2.76. The van der Waals surface area contributed by atoms with Gasteiger partial charge in [0.2, 0.25) is 0 Å². The summed E-state index contributed by atoms with van der Waals surface area (Å²) in [5.74, 6) is 0.922. The third-order valence-corrected chi connectivity index (χ3v) is 3.06. The van der Waals surface area contributed by atoms with E-state index in [0.717, 1.165) is 27.4 Å². The molecule has 0 aliphatic rings. The van der Waals surface area contributed by atoms with Crippen molar-refractivity contribution in [1.82, 2.24) is 5.32 Å². The van der Waals surface area contributed by atoms with Crippen molar-refractivity contribution < 1.29 is 4.42 Å². The summed E-state index contributed by atoms with van der Waals surface area (Å²) in [5, 5.41) is 4.05. The summed E-state index contributed by atoms with van der Waals surface area (Å²) in [7, 11) is 0. The number of hydrogen-bond acceptors (Lipinski definition) is 2. The highest BCUT2D eigenvalue weighted by Crippen LogP contribution is 2.20. The van der Waals surface area contributed by atoms with Gasteiger partial charge in [-0.2, -0.15) is 0 Å². The van der Waals surface area contributed by atoms with Crippen LogP contribution in [0.25, 0.3) is 0 Å². The van der Waals surface area contributed by atoms with Crippen molar-refractivity contribution in [3.05, 3.63) is 57.4 Å². The van der Waals surface area contributed by atoms with Crippen LogP contribution in [-0.4, -0.2) is 0 Å². The van der Waals surface area contributed by atoms with Gasteiger partial charge in [0.15, 0.2) is 0 Å². The summed E-state index contributed by atoms with van der Waals surface area (Å²) in [6.45, 7) is 1.43. The maximum Gasteiger partial charge on any atom is 0.117 e. The van der Waals surface area contributed by atoms with Crippen LogP contribution in [-0.2, 0) is 13.1 Å². The molecule has 0 aliphatic carbocycles. The first-order chi connectivity index (χ1) is 7.75. The summed E-state index contributed by atoms with van der Waals surface area (Å²) in [4.78, 5) is 0. The Labute approximate surface area is 108 Å². The van der Waals surface area contributed by atoms with Crippen molar-refractivity contribution >= 4 is 27.5 Å². The predicted molar refractivity (Wildman–Crippen MR) is 68.4 cm³/mol. The van der Waals surface area contributed by atoms with Gasteiger partial charge in [0, 0.05) is 16.0 Å². The Balaban J connectivity index is 1.92. The zero-order valence-electron chi connectivity index (χ0n) is 8.54. The Morgan fingerprint density at radius 1 is 1.25 bits per heavy atom. The largest absolute Gasteiger partial charge is 0.468 e. The second kappa shape index (κ2) is 5.53. The second-order valence-electron chi connectivity index (χ2n) is 3.42. The quantitative estimate of drug-likeness (QED) is 0.924.